The topological polar surface area (TPSA) is 87.7 Å². The first-order valence-corrected chi connectivity index (χ1v) is 5.25. The van der Waals surface area contributed by atoms with E-state index >= 15 is 0 Å². The fourth-order valence-electron chi connectivity index (χ4n) is 1.39. The molecule has 0 saturated carbocycles. The molecule has 0 aliphatic carbocycles. The molecule has 1 heterocycles. The Labute approximate surface area is 94.3 Å². The average molecular weight is 230 g/mol. The highest BCUT2D eigenvalue weighted by Crippen LogP contribution is 2.10. The second kappa shape index (κ2) is 4.69. The minimum Gasteiger partial charge on any atom is -0.444 e. The van der Waals surface area contributed by atoms with E-state index in [9.17, 15) is 14.7 Å². The van der Waals surface area contributed by atoms with Crippen molar-refractivity contribution in [1.82, 2.24) is 10.6 Å². The molecule has 0 aromatic rings. The Balaban J connectivity index is 2.42. The molecular formula is C10H18N2O4. The number of carbonyl (C=O) groups is 2. The van der Waals surface area contributed by atoms with E-state index in [1.54, 1.807) is 20.8 Å². The van der Waals surface area contributed by atoms with Crippen molar-refractivity contribution in [1.29, 1.82) is 0 Å². The molecule has 1 aliphatic rings. The summed E-state index contributed by atoms with van der Waals surface area (Å²) in [7, 11) is 0. The van der Waals surface area contributed by atoms with Gasteiger partial charge in [0.15, 0.2) is 0 Å². The summed E-state index contributed by atoms with van der Waals surface area (Å²) in [5.41, 5.74) is -0.576. The van der Waals surface area contributed by atoms with Crippen LogP contribution in [0.5, 0.6) is 0 Å². The van der Waals surface area contributed by atoms with Gasteiger partial charge in [-0.25, -0.2) is 4.79 Å². The van der Waals surface area contributed by atoms with Crippen LogP contribution < -0.4 is 10.6 Å². The van der Waals surface area contributed by atoms with Crippen molar-refractivity contribution in [2.75, 3.05) is 0 Å². The number of ether oxygens (including phenoxy) is 1. The number of aliphatic hydroxyl groups excluding tert-OH is 1. The highest BCUT2D eigenvalue weighted by molar-refractivity contribution is 5.77. The number of carbonyl (C=O) groups excluding carboxylic acids is 2. The molecule has 3 N–H and O–H groups in total. The Morgan fingerprint density at radius 1 is 1.56 bits per heavy atom. The average Bonchev–Trinajstić information content (AvgIpc) is 2.06. The molecule has 16 heavy (non-hydrogen) atoms. The molecule has 0 radical (unpaired) electrons. The molecule has 0 spiro atoms. The van der Waals surface area contributed by atoms with Crippen LogP contribution in [0.15, 0.2) is 0 Å². The predicted octanol–water partition coefficient (Wildman–Crippen LogP) is 0.108. The van der Waals surface area contributed by atoms with E-state index in [4.69, 9.17) is 4.74 Å². The molecular weight excluding hydrogens is 212 g/mol. The number of nitrogens with one attached hydrogen (secondary N) is 2. The summed E-state index contributed by atoms with van der Waals surface area (Å²) in [6, 6.07) is -0.493. The van der Waals surface area contributed by atoms with Gasteiger partial charge in [0.2, 0.25) is 5.91 Å². The fourth-order valence-corrected chi connectivity index (χ4v) is 1.39. The van der Waals surface area contributed by atoms with E-state index in [0.29, 0.717) is 6.42 Å². The van der Waals surface area contributed by atoms with Gasteiger partial charge in [-0.05, 0) is 27.2 Å². The molecule has 6 nitrogen and oxygen atoms in total. The number of hydrogen-bond donors (Lipinski definition) is 3. The Hall–Kier alpha value is -1.30. The molecule has 1 rings (SSSR count). The lowest BCUT2D eigenvalue weighted by Gasteiger charge is -2.30. The summed E-state index contributed by atoms with van der Waals surface area (Å²) in [6.07, 6.45) is -0.939. The van der Waals surface area contributed by atoms with Crippen molar-refractivity contribution in [3.8, 4) is 0 Å². The van der Waals surface area contributed by atoms with E-state index in [1.807, 2.05) is 0 Å². The van der Waals surface area contributed by atoms with Crippen molar-refractivity contribution in [2.24, 2.45) is 0 Å². The molecule has 0 bridgehead atoms. The van der Waals surface area contributed by atoms with Gasteiger partial charge < -0.3 is 20.5 Å². The van der Waals surface area contributed by atoms with Crippen LogP contribution in [0.1, 0.15) is 33.6 Å². The molecule has 2 unspecified atom stereocenters. The third kappa shape index (κ3) is 4.06. The van der Waals surface area contributed by atoms with Crippen LogP contribution in [-0.4, -0.2) is 35.0 Å². The van der Waals surface area contributed by atoms with Crippen molar-refractivity contribution in [3.63, 3.8) is 0 Å². The van der Waals surface area contributed by atoms with Crippen LogP contribution in [0.4, 0.5) is 4.79 Å². The van der Waals surface area contributed by atoms with E-state index < -0.39 is 24.0 Å². The van der Waals surface area contributed by atoms with Crippen molar-refractivity contribution in [3.05, 3.63) is 0 Å². The van der Waals surface area contributed by atoms with Crippen LogP contribution in [-0.2, 0) is 9.53 Å². The van der Waals surface area contributed by atoms with E-state index in [2.05, 4.69) is 10.6 Å². The van der Waals surface area contributed by atoms with Gasteiger partial charge in [0, 0.05) is 6.42 Å². The normalized spacial score (nSPS) is 25.9. The predicted molar refractivity (Wildman–Crippen MR) is 56.5 cm³/mol. The lowest BCUT2D eigenvalue weighted by atomic mass is 10.1. The minimum absolute atomic E-state index is 0.213. The molecule has 0 aromatic heterocycles. The smallest absolute Gasteiger partial charge is 0.408 e. The SMILES string of the molecule is CC(C)(C)OC(=O)NC1CCC(=O)NC1O. The molecule has 1 fully saturated rings. The highest BCUT2D eigenvalue weighted by Gasteiger charge is 2.29. The Kier molecular flexibility index (Phi) is 3.74. The largest absolute Gasteiger partial charge is 0.444 e. The van der Waals surface area contributed by atoms with Gasteiger partial charge in [-0.2, -0.15) is 0 Å². The maximum atomic E-state index is 11.4. The first kappa shape index (κ1) is 12.8. The number of amides is 2. The van der Waals surface area contributed by atoms with E-state index in [-0.39, 0.29) is 12.3 Å². The number of piperidine rings is 1. The Morgan fingerprint density at radius 2 is 2.19 bits per heavy atom. The van der Waals surface area contributed by atoms with Gasteiger partial charge in [0.25, 0.3) is 0 Å². The van der Waals surface area contributed by atoms with Gasteiger partial charge in [-0.3, -0.25) is 4.79 Å². The van der Waals surface area contributed by atoms with Gasteiger partial charge in [-0.1, -0.05) is 0 Å². The van der Waals surface area contributed by atoms with Crippen LogP contribution in [0, 0.1) is 0 Å². The number of aliphatic hydroxyl groups is 1. The van der Waals surface area contributed by atoms with Gasteiger partial charge in [0.05, 0.1) is 6.04 Å². The van der Waals surface area contributed by atoms with Crippen LogP contribution in [0.2, 0.25) is 0 Å². The monoisotopic (exact) mass is 230 g/mol. The Bertz CT molecular complexity index is 285. The van der Waals surface area contributed by atoms with Gasteiger partial charge in [0.1, 0.15) is 11.8 Å². The van der Waals surface area contributed by atoms with Crippen molar-refractivity contribution >= 4 is 12.0 Å². The van der Waals surface area contributed by atoms with Crippen molar-refractivity contribution in [2.45, 2.75) is 51.5 Å². The second-order valence-corrected chi connectivity index (χ2v) is 4.80. The van der Waals surface area contributed by atoms with Crippen molar-refractivity contribution < 1.29 is 19.4 Å². The third-order valence-electron chi connectivity index (χ3n) is 2.07. The second-order valence-electron chi connectivity index (χ2n) is 4.80. The quantitative estimate of drug-likeness (QED) is 0.596. The van der Waals surface area contributed by atoms with Crippen LogP contribution in [0.25, 0.3) is 0 Å². The molecule has 2 atom stereocenters. The molecule has 1 aliphatic heterocycles. The Morgan fingerprint density at radius 3 is 2.69 bits per heavy atom. The third-order valence-corrected chi connectivity index (χ3v) is 2.07. The molecule has 6 heteroatoms. The zero-order chi connectivity index (χ0) is 12.3. The summed E-state index contributed by atoms with van der Waals surface area (Å²) < 4.78 is 5.04. The highest BCUT2D eigenvalue weighted by atomic mass is 16.6. The number of alkyl carbamates (subject to hydrolysis) is 1. The molecule has 0 aromatic carbocycles. The molecule has 1 saturated heterocycles. The minimum atomic E-state index is -1.05. The summed E-state index contributed by atoms with van der Waals surface area (Å²) in [6.45, 7) is 5.27. The first-order chi connectivity index (χ1) is 7.28. The maximum Gasteiger partial charge on any atom is 0.408 e. The lowest BCUT2D eigenvalue weighted by molar-refractivity contribution is -0.127. The summed E-state index contributed by atoms with van der Waals surface area (Å²) >= 11 is 0. The maximum absolute atomic E-state index is 11.4. The van der Waals surface area contributed by atoms with E-state index in [0.717, 1.165) is 0 Å². The molecule has 92 valence electrons. The summed E-state index contributed by atoms with van der Waals surface area (Å²) in [5.74, 6) is -0.213. The summed E-state index contributed by atoms with van der Waals surface area (Å²) in [5, 5.41) is 14.3. The van der Waals surface area contributed by atoms with Crippen LogP contribution in [0.3, 0.4) is 0 Å². The van der Waals surface area contributed by atoms with E-state index in [1.165, 1.54) is 0 Å². The zero-order valence-electron chi connectivity index (χ0n) is 9.74. The van der Waals surface area contributed by atoms with Gasteiger partial charge in [-0.15, -0.1) is 0 Å². The lowest BCUT2D eigenvalue weighted by Crippen LogP contribution is -2.55. The van der Waals surface area contributed by atoms with Crippen LogP contribution >= 0.6 is 0 Å². The number of rotatable bonds is 1. The standard InChI is InChI=1S/C10H18N2O4/c1-10(2,3)16-9(15)11-6-4-5-7(13)12-8(6)14/h6,8,14H,4-5H2,1-3H3,(H,11,15)(H,12,13). The van der Waals surface area contributed by atoms with Gasteiger partial charge >= 0.3 is 6.09 Å². The first-order valence-electron chi connectivity index (χ1n) is 5.25. The zero-order valence-corrected chi connectivity index (χ0v) is 9.74. The summed E-state index contributed by atoms with van der Waals surface area (Å²) in [4.78, 5) is 22.3. The molecule has 2 amide bonds. The number of hydrogen-bond acceptors (Lipinski definition) is 4. The fraction of sp³-hybridized carbons (Fsp3) is 0.800.